The van der Waals surface area contributed by atoms with E-state index in [0.717, 1.165) is 11.6 Å². The normalized spacial score (nSPS) is 16.2. The van der Waals surface area contributed by atoms with Crippen LogP contribution in [-0.2, 0) is 17.4 Å². The largest absolute Gasteiger partial charge is 0.490 e. The zero-order chi connectivity index (χ0) is 32.7. The van der Waals surface area contributed by atoms with Crippen molar-refractivity contribution in [2.45, 2.75) is 50.4 Å². The Kier molecular flexibility index (Phi) is 9.90. The molecular weight excluding hydrogens is 601 g/mol. The number of carbonyl (C=O) groups is 3. The number of hydrogen-bond acceptors (Lipinski definition) is 5. The molecule has 0 bridgehead atoms. The van der Waals surface area contributed by atoms with Gasteiger partial charge < -0.3 is 25.2 Å². The van der Waals surface area contributed by atoms with Crippen LogP contribution in [-0.4, -0.2) is 35.0 Å². The smallest absolute Gasteiger partial charge is 0.417 e. The number of anilines is 1. The molecule has 4 aromatic carbocycles. The molecule has 1 saturated carbocycles. The van der Waals surface area contributed by atoms with E-state index in [1.54, 1.807) is 60.7 Å². The molecule has 0 aromatic heterocycles. The minimum Gasteiger partial charge on any atom is -0.490 e. The predicted molar refractivity (Wildman–Crippen MR) is 164 cm³/mol. The van der Waals surface area contributed by atoms with Crippen molar-refractivity contribution in [2.24, 2.45) is 0 Å². The molecule has 11 heteroatoms. The van der Waals surface area contributed by atoms with E-state index in [-0.39, 0.29) is 41.3 Å². The fourth-order valence-corrected chi connectivity index (χ4v) is 5.27. The Hall–Kier alpha value is -5.32. The third-order valence-electron chi connectivity index (χ3n) is 7.57. The highest BCUT2D eigenvalue weighted by molar-refractivity contribution is 6.01. The molecule has 0 aliphatic heterocycles. The van der Waals surface area contributed by atoms with Crippen LogP contribution in [0.5, 0.6) is 17.2 Å². The lowest BCUT2D eigenvalue weighted by atomic mass is 9.92. The highest BCUT2D eigenvalue weighted by Crippen LogP contribution is 2.32. The number of carboxylic acid groups (broad SMARTS) is 1. The van der Waals surface area contributed by atoms with Gasteiger partial charge in [-0.25, -0.2) is 4.79 Å². The zero-order valence-corrected chi connectivity index (χ0v) is 24.6. The molecule has 0 saturated heterocycles. The standard InChI is InChI=1S/C35H31F3N2O6/c36-35(37,38)30-7-3-1-5-28(30)33(42)39-23-11-15-25(16-12-23)46-27-19-17-26(18-20-27)45-24-13-9-22(10-14-24)21-32(41)40-31-8-4-2-6-29(31)34(43)44/h1-10,13-14,17-20,23,25H,11-12,15-16,21H2,(H,39,42)(H,40,41)(H,43,44). The molecule has 1 fully saturated rings. The van der Waals surface area contributed by atoms with E-state index in [1.165, 1.54) is 30.3 Å². The SMILES string of the molecule is O=C(Cc1ccc(Oc2ccc(OC3CCC(NC(=O)c4ccccc4C(F)(F)F)CC3)cc2)cc1)Nc1ccccc1C(=O)O. The Labute approximate surface area is 263 Å². The number of amides is 2. The van der Waals surface area contributed by atoms with Crippen LogP contribution in [0.25, 0.3) is 0 Å². The van der Waals surface area contributed by atoms with Gasteiger partial charge in [0, 0.05) is 6.04 Å². The fourth-order valence-electron chi connectivity index (χ4n) is 5.27. The van der Waals surface area contributed by atoms with Crippen molar-refractivity contribution >= 4 is 23.5 Å². The van der Waals surface area contributed by atoms with E-state index in [0.29, 0.717) is 42.9 Å². The lowest BCUT2D eigenvalue weighted by Gasteiger charge is -2.29. The summed E-state index contributed by atoms with van der Waals surface area (Å²) in [6.45, 7) is 0. The van der Waals surface area contributed by atoms with Crippen molar-refractivity contribution in [1.82, 2.24) is 5.32 Å². The number of carbonyl (C=O) groups excluding carboxylic acids is 2. The summed E-state index contributed by atoms with van der Waals surface area (Å²) >= 11 is 0. The number of aromatic carboxylic acids is 1. The van der Waals surface area contributed by atoms with Gasteiger partial charge in [0.15, 0.2) is 0 Å². The van der Waals surface area contributed by atoms with E-state index >= 15 is 0 Å². The first-order valence-corrected chi connectivity index (χ1v) is 14.7. The second kappa shape index (κ2) is 14.2. The first kappa shape index (κ1) is 32.1. The topological polar surface area (TPSA) is 114 Å². The summed E-state index contributed by atoms with van der Waals surface area (Å²) in [5.41, 5.74) is -0.353. The maximum atomic E-state index is 13.3. The lowest BCUT2D eigenvalue weighted by Crippen LogP contribution is -2.40. The number of halogens is 3. The average Bonchev–Trinajstić information content (AvgIpc) is 3.03. The fraction of sp³-hybridized carbons (Fsp3) is 0.229. The predicted octanol–water partition coefficient (Wildman–Crippen LogP) is 7.50. The summed E-state index contributed by atoms with van der Waals surface area (Å²) in [4.78, 5) is 36.4. The number of para-hydroxylation sites is 1. The molecule has 1 aliphatic rings. The second-order valence-corrected chi connectivity index (χ2v) is 10.9. The van der Waals surface area contributed by atoms with Crippen molar-refractivity contribution in [3.8, 4) is 17.2 Å². The Morgan fingerprint density at radius 2 is 1.30 bits per heavy atom. The number of rotatable bonds is 10. The molecule has 238 valence electrons. The van der Waals surface area contributed by atoms with E-state index in [1.807, 2.05) is 0 Å². The molecule has 0 unspecified atom stereocenters. The molecule has 2 amide bonds. The Bertz CT molecular complexity index is 1680. The van der Waals surface area contributed by atoms with Crippen molar-refractivity contribution in [3.05, 3.63) is 119 Å². The number of alkyl halides is 3. The molecule has 4 aromatic rings. The molecule has 0 atom stereocenters. The van der Waals surface area contributed by atoms with Gasteiger partial charge in [0.2, 0.25) is 5.91 Å². The molecular formula is C35H31F3N2O6. The van der Waals surface area contributed by atoms with Gasteiger partial charge in [-0.3, -0.25) is 9.59 Å². The maximum absolute atomic E-state index is 13.3. The minimum absolute atomic E-state index is 0.0153. The molecule has 0 heterocycles. The third kappa shape index (κ3) is 8.44. The molecule has 3 N–H and O–H groups in total. The molecule has 46 heavy (non-hydrogen) atoms. The quantitative estimate of drug-likeness (QED) is 0.167. The van der Waals surface area contributed by atoms with Crippen molar-refractivity contribution in [2.75, 3.05) is 5.32 Å². The van der Waals surface area contributed by atoms with Crippen molar-refractivity contribution in [3.63, 3.8) is 0 Å². The molecule has 5 rings (SSSR count). The van der Waals surface area contributed by atoms with Crippen LogP contribution in [0.2, 0.25) is 0 Å². The van der Waals surface area contributed by atoms with Gasteiger partial charge in [-0.2, -0.15) is 13.2 Å². The van der Waals surface area contributed by atoms with Crippen LogP contribution in [0.15, 0.2) is 97.1 Å². The van der Waals surface area contributed by atoms with Crippen molar-refractivity contribution in [1.29, 1.82) is 0 Å². The summed E-state index contributed by atoms with van der Waals surface area (Å²) in [6.07, 6.45) is -2.20. The van der Waals surface area contributed by atoms with Gasteiger partial charge in [0.1, 0.15) is 17.2 Å². The maximum Gasteiger partial charge on any atom is 0.417 e. The van der Waals surface area contributed by atoms with E-state index in [9.17, 15) is 32.7 Å². The van der Waals surface area contributed by atoms with Crippen LogP contribution in [0, 0.1) is 0 Å². The van der Waals surface area contributed by atoms with E-state index in [2.05, 4.69) is 10.6 Å². The summed E-state index contributed by atoms with van der Waals surface area (Å²) in [7, 11) is 0. The summed E-state index contributed by atoms with van der Waals surface area (Å²) in [5, 5.41) is 14.7. The Morgan fingerprint density at radius 3 is 1.93 bits per heavy atom. The number of carboxylic acids is 1. The lowest BCUT2D eigenvalue weighted by molar-refractivity contribution is -0.138. The van der Waals surface area contributed by atoms with Crippen LogP contribution in [0.4, 0.5) is 18.9 Å². The summed E-state index contributed by atoms with van der Waals surface area (Å²) in [6, 6.07) is 24.8. The molecule has 1 aliphatic carbocycles. The van der Waals surface area contributed by atoms with Crippen molar-refractivity contribution < 1.29 is 42.1 Å². The molecule has 8 nitrogen and oxygen atoms in total. The van der Waals surface area contributed by atoms with Gasteiger partial charge in [-0.05, 0) is 91.9 Å². The van der Waals surface area contributed by atoms with Gasteiger partial charge in [0.25, 0.3) is 5.91 Å². The third-order valence-corrected chi connectivity index (χ3v) is 7.57. The minimum atomic E-state index is -4.61. The van der Waals surface area contributed by atoms with Gasteiger partial charge >= 0.3 is 12.1 Å². The zero-order valence-electron chi connectivity index (χ0n) is 24.6. The van der Waals surface area contributed by atoms with E-state index in [4.69, 9.17) is 9.47 Å². The average molecular weight is 633 g/mol. The van der Waals surface area contributed by atoms with Gasteiger partial charge in [-0.15, -0.1) is 0 Å². The highest BCUT2D eigenvalue weighted by Gasteiger charge is 2.35. The highest BCUT2D eigenvalue weighted by atomic mass is 19.4. The van der Waals surface area contributed by atoms with Crippen LogP contribution >= 0.6 is 0 Å². The van der Waals surface area contributed by atoms with E-state index < -0.39 is 23.6 Å². The Morgan fingerprint density at radius 1 is 0.739 bits per heavy atom. The first-order valence-electron chi connectivity index (χ1n) is 14.7. The second-order valence-electron chi connectivity index (χ2n) is 10.9. The van der Waals surface area contributed by atoms with Crippen LogP contribution in [0.3, 0.4) is 0 Å². The summed E-state index contributed by atoms with van der Waals surface area (Å²) in [5.74, 6) is -0.414. The number of hydrogen-bond donors (Lipinski definition) is 3. The number of ether oxygens (including phenoxy) is 2. The van der Waals surface area contributed by atoms with Gasteiger partial charge in [-0.1, -0.05) is 36.4 Å². The molecule has 0 spiro atoms. The van der Waals surface area contributed by atoms with Crippen LogP contribution < -0.4 is 20.1 Å². The van der Waals surface area contributed by atoms with Gasteiger partial charge in [0.05, 0.1) is 34.9 Å². The first-order chi connectivity index (χ1) is 22.0. The monoisotopic (exact) mass is 632 g/mol. The van der Waals surface area contributed by atoms with Crippen LogP contribution in [0.1, 0.15) is 57.5 Å². The molecule has 0 radical (unpaired) electrons. The number of nitrogens with one attached hydrogen (secondary N) is 2. The number of benzene rings is 4. The Balaban J connectivity index is 1.07. The summed E-state index contributed by atoms with van der Waals surface area (Å²) < 4.78 is 51.9.